The smallest absolute Gasteiger partial charge is 0.326 e. The van der Waals surface area contributed by atoms with Gasteiger partial charge in [-0.1, -0.05) is 44.2 Å². The highest BCUT2D eigenvalue weighted by atomic mass is 16.4. The van der Waals surface area contributed by atoms with Crippen molar-refractivity contribution >= 4 is 11.9 Å². The van der Waals surface area contributed by atoms with Crippen LogP contribution in [0.3, 0.4) is 0 Å². The molecule has 1 aromatic rings. The predicted molar refractivity (Wildman–Crippen MR) is 72.4 cm³/mol. The number of hydrogen-bond acceptors (Lipinski definition) is 3. The van der Waals surface area contributed by atoms with Crippen LogP contribution in [0.2, 0.25) is 0 Å². The summed E-state index contributed by atoms with van der Waals surface area (Å²) in [5.74, 6) is -1.78. The summed E-state index contributed by atoms with van der Waals surface area (Å²) in [6.07, 6.45) is 0. The molecule has 4 N–H and O–H groups in total. The maximum atomic E-state index is 12.2. The van der Waals surface area contributed by atoms with Gasteiger partial charge in [0.2, 0.25) is 5.91 Å². The zero-order valence-corrected chi connectivity index (χ0v) is 11.4. The third-order valence-corrected chi connectivity index (χ3v) is 3.06. The second kappa shape index (κ2) is 5.84. The Kier molecular flexibility index (Phi) is 4.67. The van der Waals surface area contributed by atoms with Crippen LogP contribution in [0.1, 0.15) is 26.3 Å². The van der Waals surface area contributed by atoms with Crippen LogP contribution in [0.5, 0.6) is 0 Å². The molecule has 0 saturated heterocycles. The van der Waals surface area contributed by atoms with Crippen molar-refractivity contribution in [3.8, 4) is 0 Å². The van der Waals surface area contributed by atoms with E-state index in [0.717, 1.165) is 0 Å². The molecule has 0 radical (unpaired) electrons. The van der Waals surface area contributed by atoms with Crippen LogP contribution in [0.15, 0.2) is 30.3 Å². The summed E-state index contributed by atoms with van der Waals surface area (Å²) in [7, 11) is 0. The number of hydrogen-bond donors (Lipinski definition) is 3. The Morgan fingerprint density at radius 2 is 1.79 bits per heavy atom. The van der Waals surface area contributed by atoms with Gasteiger partial charge in [-0.25, -0.2) is 4.79 Å². The molecule has 5 nitrogen and oxygen atoms in total. The van der Waals surface area contributed by atoms with Gasteiger partial charge >= 0.3 is 5.97 Å². The molecule has 1 unspecified atom stereocenters. The van der Waals surface area contributed by atoms with Gasteiger partial charge in [-0.15, -0.1) is 0 Å². The highest BCUT2D eigenvalue weighted by molar-refractivity contribution is 5.90. The van der Waals surface area contributed by atoms with Gasteiger partial charge < -0.3 is 16.2 Å². The molecular weight excluding hydrogens is 244 g/mol. The zero-order valence-electron chi connectivity index (χ0n) is 11.4. The molecule has 104 valence electrons. The standard InChI is InChI=1S/C14H20N2O3/c1-9(2)11(12(17)18)16-13(19)14(3,15)10-7-5-4-6-8-10/h4-9,11H,15H2,1-3H3,(H,16,19)(H,17,18)/t11-,14?/m0/s1. The maximum absolute atomic E-state index is 12.2. The van der Waals surface area contributed by atoms with Crippen LogP contribution in [0.4, 0.5) is 0 Å². The van der Waals surface area contributed by atoms with Crippen LogP contribution in [0, 0.1) is 5.92 Å². The molecule has 0 aromatic heterocycles. The van der Waals surface area contributed by atoms with Gasteiger partial charge in [0.05, 0.1) is 0 Å². The van der Waals surface area contributed by atoms with Crippen LogP contribution in [0.25, 0.3) is 0 Å². The Hall–Kier alpha value is -1.88. The SMILES string of the molecule is CC(C)[C@H](NC(=O)C(C)(N)c1ccccc1)C(=O)O. The van der Waals surface area contributed by atoms with Gasteiger partial charge in [-0.3, -0.25) is 4.79 Å². The summed E-state index contributed by atoms with van der Waals surface area (Å²) in [4.78, 5) is 23.3. The first kappa shape index (κ1) is 15.2. The Morgan fingerprint density at radius 1 is 1.26 bits per heavy atom. The van der Waals surface area contributed by atoms with Crippen LogP contribution in [-0.4, -0.2) is 23.0 Å². The van der Waals surface area contributed by atoms with Crippen molar-refractivity contribution in [1.29, 1.82) is 0 Å². The van der Waals surface area contributed by atoms with E-state index < -0.39 is 23.5 Å². The van der Waals surface area contributed by atoms with E-state index in [1.165, 1.54) is 0 Å². The van der Waals surface area contributed by atoms with Gasteiger partial charge in [0.25, 0.3) is 0 Å². The minimum absolute atomic E-state index is 0.215. The number of nitrogens with two attached hydrogens (primary N) is 1. The number of carbonyl (C=O) groups excluding carboxylic acids is 1. The topological polar surface area (TPSA) is 92.4 Å². The quantitative estimate of drug-likeness (QED) is 0.742. The summed E-state index contributed by atoms with van der Waals surface area (Å²) in [6, 6.07) is 7.93. The molecule has 0 saturated carbocycles. The molecule has 2 atom stereocenters. The largest absolute Gasteiger partial charge is 0.480 e. The molecule has 5 heteroatoms. The van der Waals surface area contributed by atoms with Gasteiger partial charge in [0, 0.05) is 0 Å². The summed E-state index contributed by atoms with van der Waals surface area (Å²) in [5, 5.41) is 11.6. The van der Waals surface area contributed by atoms with Crippen molar-refractivity contribution < 1.29 is 14.7 Å². The second-order valence-corrected chi connectivity index (χ2v) is 5.10. The fraction of sp³-hybridized carbons (Fsp3) is 0.429. The van der Waals surface area contributed by atoms with Gasteiger partial charge in [0.15, 0.2) is 0 Å². The minimum Gasteiger partial charge on any atom is -0.480 e. The number of carboxylic acid groups (broad SMARTS) is 1. The molecule has 0 aliphatic heterocycles. The molecule has 0 bridgehead atoms. The molecule has 0 heterocycles. The Morgan fingerprint density at radius 3 is 2.21 bits per heavy atom. The highest BCUT2D eigenvalue weighted by Gasteiger charge is 2.34. The van der Waals surface area contributed by atoms with E-state index in [0.29, 0.717) is 5.56 Å². The van der Waals surface area contributed by atoms with E-state index in [4.69, 9.17) is 10.8 Å². The maximum Gasteiger partial charge on any atom is 0.326 e. The molecule has 1 rings (SSSR count). The number of rotatable bonds is 5. The van der Waals surface area contributed by atoms with Crippen molar-refractivity contribution in [3.05, 3.63) is 35.9 Å². The van der Waals surface area contributed by atoms with E-state index in [1.54, 1.807) is 45.0 Å². The Balaban J connectivity index is 2.91. The van der Waals surface area contributed by atoms with Gasteiger partial charge in [-0.2, -0.15) is 0 Å². The first-order valence-electron chi connectivity index (χ1n) is 6.15. The third kappa shape index (κ3) is 3.54. The predicted octanol–water partition coefficient (Wildman–Crippen LogP) is 1.09. The molecule has 0 spiro atoms. The van der Waals surface area contributed by atoms with Crippen LogP contribution >= 0.6 is 0 Å². The van der Waals surface area contributed by atoms with Crippen molar-refractivity contribution in [2.75, 3.05) is 0 Å². The summed E-state index contributed by atoms with van der Waals surface area (Å²) < 4.78 is 0. The van der Waals surface area contributed by atoms with Crippen LogP contribution in [-0.2, 0) is 15.1 Å². The number of carboxylic acids is 1. The molecule has 0 fully saturated rings. The number of amides is 1. The summed E-state index contributed by atoms with van der Waals surface area (Å²) in [5.41, 5.74) is 5.40. The van der Waals surface area contributed by atoms with E-state index in [2.05, 4.69) is 5.32 Å². The van der Waals surface area contributed by atoms with Crippen molar-refractivity contribution in [1.82, 2.24) is 5.32 Å². The molecule has 0 aliphatic carbocycles. The van der Waals surface area contributed by atoms with Gasteiger partial charge in [-0.05, 0) is 18.4 Å². The molecule has 1 amide bonds. The first-order chi connectivity index (χ1) is 8.76. The lowest BCUT2D eigenvalue weighted by atomic mass is 9.91. The monoisotopic (exact) mass is 264 g/mol. The van der Waals surface area contributed by atoms with Crippen molar-refractivity contribution in [3.63, 3.8) is 0 Å². The average Bonchev–Trinajstić information content (AvgIpc) is 2.35. The Bertz CT molecular complexity index is 455. The fourth-order valence-electron chi connectivity index (χ4n) is 1.72. The highest BCUT2D eigenvalue weighted by Crippen LogP contribution is 2.18. The first-order valence-corrected chi connectivity index (χ1v) is 6.15. The van der Waals surface area contributed by atoms with E-state index in [9.17, 15) is 9.59 Å². The number of carbonyl (C=O) groups is 2. The lowest BCUT2D eigenvalue weighted by Crippen LogP contribution is -2.55. The fourth-order valence-corrected chi connectivity index (χ4v) is 1.72. The van der Waals surface area contributed by atoms with Gasteiger partial charge in [0.1, 0.15) is 11.6 Å². The molecule has 19 heavy (non-hydrogen) atoms. The van der Waals surface area contributed by atoms with E-state index >= 15 is 0 Å². The van der Waals surface area contributed by atoms with E-state index in [1.807, 2.05) is 6.07 Å². The minimum atomic E-state index is -1.26. The van der Waals surface area contributed by atoms with E-state index in [-0.39, 0.29) is 5.92 Å². The van der Waals surface area contributed by atoms with Crippen molar-refractivity contribution in [2.24, 2.45) is 11.7 Å². The van der Waals surface area contributed by atoms with Crippen LogP contribution < -0.4 is 11.1 Å². The average molecular weight is 264 g/mol. The lowest BCUT2D eigenvalue weighted by Gasteiger charge is -2.27. The number of nitrogens with one attached hydrogen (secondary N) is 1. The normalized spacial score (nSPS) is 15.6. The van der Waals surface area contributed by atoms with Crippen molar-refractivity contribution in [2.45, 2.75) is 32.4 Å². The lowest BCUT2D eigenvalue weighted by molar-refractivity contribution is -0.144. The zero-order chi connectivity index (χ0) is 14.6. The number of benzene rings is 1. The summed E-state index contributed by atoms with van der Waals surface area (Å²) in [6.45, 7) is 5.03. The molecule has 1 aromatic carbocycles. The summed E-state index contributed by atoms with van der Waals surface area (Å²) >= 11 is 0. The second-order valence-electron chi connectivity index (χ2n) is 5.10. The number of aliphatic carboxylic acids is 1. The Labute approximate surface area is 112 Å². The third-order valence-electron chi connectivity index (χ3n) is 3.06. The molecule has 0 aliphatic rings. The molecular formula is C14H20N2O3.